The summed E-state index contributed by atoms with van der Waals surface area (Å²) in [6.07, 6.45) is -1.02. The van der Waals surface area contributed by atoms with Gasteiger partial charge in [0.15, 0.2) is 6.10 Å². The van der Waals surface area contributed by atoms with E-state index in [1.165, 1.54) is 20.1 Å². The van der Waals surface area contributed by atoms with Gasteiger partial charge in [-0.15, -0.1) is 0 Å². The van der Waals surface area contributed by atoms with E-state index in [1.54, 1.807) is 42.5 Å². The molecule has 0 aliphatic heterocycles. The van der Waals surface area contributed by atoms with E-state index in [0.717, 1.165) is 0 Å². The van der Waals surface area contributed by atoms with Crippen molar-refractivity contribution >= 4 is 40.1 Å². The number of carbonyl (C=O) groups excluding carboxylic acids is 2. The quantitative estimate of drug-likeness (QED) is 0.675. The van der Waals surface area contributed by atoms with Crippen molar-refractivity contribution in [1.29, 1.82) is 0 Å². The maximum absolute atomic E-state index is 12.3. The van der Waals surface area contributed by atoms with E-state index in [-0.39, 0.29) is 5.76 Å². The van der Waals surface area contributed by atoms with Gasteiger partial charge in [0.05, 0.1) is 12.8 Å². The number of amides is 1. The van der Waals surface area contributed by atoms with Crippen molar-refractivity contribution in [2.45, 2.75) is 13.0 Å². The minimum Gasteiger partial charge on any atom is -0.495 e. The van der Waals surface area contributed by atoms with Gasteiger partial charge in [-0.3, -0.25) is 4.79 Å². The average Bonchev–Trinajstić information content (AvgIpc) is 3.05. The van der Waals surface area contributed by atoms with Crippen LogP contribution in [0, 0.1) is 0 Å². The lowest BCUT2D eigenvalue weighted by Gasteiger charge is -2.14. The molecule has 0 unspecified atom stereocenters. The number of ether oxygens (including phenoxy) is 2. The van der Waals surface area contributed by atoms with Crippen LogP contribution in [0.1, 0.15) is 17.5 Å². The van der Waals surface area contributed by atoms with E-state index in [1.807, 2.05) is 0 Å². The fraction of sp³-hybridized carbons (Fsp3) is 0.158. The number of anilines is 1. The standard InChI is InChI=1S/C19H16ClNO5/c1-11(18(22)21-14-5-3-4-6-16(14)24-2)25-19(23)17-10-12-9-13(20)7-8-15(12)26-17/h3-11H,1-2H3,(H,21,22)/t11-/m0/s1. The highest BCUT2D eigenvalue weighted by Gasteiger charge is 2.22. The topological polar surface area (TPSA) is 77.8 Å². The predicted molar refractivity (Wildman–Crippen MR) is 97.7 cm³/mol. The van der Waals surface area contributed by atoms with Gasteiger partial charge in [-0.05, 0) is 43.3 Å². The molecule has 3 rings (SSSR count). The Labute approximate surface area is 154 Å². The zero-order chi connectivity index (χ0) is 18.7. The van der Waals surface area contributed by atoms with Crippen LogP contribution in [0.3, 0.4) is 0 Å². The number of para-hydroxylation sites is 2. The Morgan fingerprint density at radius 3 is 2.69 bits per heavy atom. The first-order chi connectivity index (χ1) is 12.5. The molecule has 1 amide bonds. The summed E-state index contributed by atoms with van der Waals surface area (Å²) in [6, 6.07) is 13.5. The zero-order valence-corrected chi connectivity index (χ0v) is 14.9. The molecule has 2 aromatic carbocycles. The summed E-state index contributed by atoms with van der Waals surface area (Å²) in [5.41, 5.74) is 0.994. The maximum Gasteiger partial charge on any atom is 0.375 e. The SMILES string of the molecule is COc1ccccc1NC(=O)[C@H](C)OC(=O)c1cc2cc(Cl)ccc2o1. The predicted octanol–water partition coefficient (Wildman–Crippen LogP) is 4.28. The van der Waals surface area contributed by atoms with Gasteiger partial charge < -0.3 is 19.2 Å². The van der Waals surface area contributed by atoms with Crippen LogP contribution in [-0.2, 0) is 9.53 Å². The van der Waals surface area contributed by atoms with E-state index >= 15 is 0 Å². The Kier molecular flexibility index (Phi) is 5.14. The van der Waals surface area contributed by atoms with E-state index in [0.29, 0.717) is 27.4 Å². The third-order valence-electron chi connectivity index (χ3n) is 3.70. The van der Waals surface area contributed by atoms with Crippen LogP contribution in [0.4, 0.5) is 5.69 Å². The van der Waals surface area contributed by atoms with Crippen molar-refractivity contribution in [2.75, 3.05) is 12.4 Å². The summed E-state index contributed by atoms with van der Waals surface area (Å²) in [5.74, 6) is -0.713. The molecule has 0 fully saturated rings. The molecule has 0 radical (unpaired) electrons. The maximum atomic E-state index is 12.3. The average molecular weight is 374 g/mol. The fourth-order valence-electron chi connectivity index (χ4n) is 2.37. The Hall–Kier alpha value is -2.99. The molecule has 6 nitrogen and oxygen atoms in total. The number of furan rings is 1. The molecule has 0 aliphatic rings. The van der Waals surface area contributed by atoms with Crippen molar-refractivity contribution in [1.82, 2.24) is 0 Å². The van der Waals surface area contributed by atoms with Gasteiger partial charge in [0.1, 0.15) is 11.3 Å². The molecule has 7 heteroatoms. The Bertz CT molecular complexity index is 965. The smallest absolute Gasteiger partial charge is 0.375 e. The van der Waals surface area contributed by atoms with Crippen LogP contribution in [-0.4, -0.2) is 25.1 Å². The normalized spacial score (nSPS) is 11.8. The lowest BCUT2D eigenvalue weighted by Crippen LogP contribution is -2.30. The number of methoxy groups -OCH3 is 1. The minimum atomic E-state index is -1.02. The second kappa shape index (κ2) is 7.49. The van der Waals surface area contributed by atoms with Crippen LogP contribution in [0.25, 0.3) is 11.0 Å². The van der Waals surface area contributed by atoms with Gasteiger partial charge >= 0.3 is 5.97 Å². The highest BCUT2D eigenvalue weighted by Crippen LogP contribution is 2.25. The third kappa shape index (κ3) is 3.81. The van der Waals surface area contributed by atoms with Crippen molar-refractivity contribution in [3.8, 4) is 5.75 Å². The highest BCUT2D eigenvalue weighted by atomic mass is 35.5. The number of hydrogen-bond acceptors (Lipinski definition) is 5. The van der Waals surface area contributed by atoms with Crippen LogP contribution in [0.15, 0.2) is 52.9 Å². The molecule has 3 aromatic rings. The molecular formula is C19H16ClNO5. The number of hydrogen-bond donors (Lipinski definition) is 1. The Morgan fingerprint density at radius 2 is 1.92 bits per heavy atom. The van der Waals surface area contributed by atoms with Crippen LogP contribution in [0.5, 0.6) is 5.75 Å². The Balaban J connectivity index is 1.68. The van der Waals surface area contributed by atoms with Crippen molar-refractivity contribution in [2.24, 2.45) is 0 Å². The fourth-order valence-corrected chi connectivity index (χ4v) is 2.55. The molecule has 0 spiro atoms. The summed E-state index contributed by atoms with van der Waals surface area (Å²) in [7, 11) is 1.50. The summed E-state index contributed by atoms with van der Waals surface area (Å²) >= 11 is 5.91. The van der Waals surface area contributed by atoms with Gasteiger partial charge in [0, 0.05) is 10.4 Å². The number of fused-ring (bicyclic) bond motifs is 1. The van der Waals surface area contributed by atoms with Gasteiger partial charge in [-0.2, -0.15) is 0 Å². The van der Waals surface area contributed by atoms with Gasteiger partial charge in [-0.1, -0.05) is 23.7 Å². The highest BCUT2D eigenvalue weighted by molar-refractivity contribution is 6.31. The molecule has 1 N–H and O–H groups in total. The molecule has 1 aromatic heterocycles. The summed E-state index contributed by atoms with van der Waals surface area (Å²) in [6.45, 7) is 1.47. The molecule has 26 heavy (non-hydrogen) atoms. The first-order valence-corrected chi connectivity index (χ1v) is 8.19. The molecular weight excluding hydrogens is 358 g/mol. The second-order valence-corrected chi connectivity index (χ2v) is 5.97. The molecule has 1 atom stereocenters. The number of rotatable bonds is 5. The lowest BCUT2D eigenvalue weighted by atomic mass is 10.2. The van der Waals surface area contributed by atoms with Crippen molar-refractivity contribution < 1.29 is 23.5 Å². The van der Waals surface area contributed by atoms with E-state index < -0.39 is 18.0 Å². The Morgan fingerprint density at radius 1 is 1.15 bits per heavy atom. The van der Waals surface area contributed by atoms with Gasteiger partial charge in [0.2, 0.25) is 5.76 Å². The summed E-state index contributed by atoms with van der Waals surface area (Å²) in [5, 5.41) is 3.87. The first-order valence-electron chi connectivity index (χ1n) is 7.82. The summed E-state index contributed by atoms with van der Waals surface area (Å²) in [4.78, 5) is 24.5. The van der Waals surface area contributed by atoms with E-state index in [2.05, 4.69) is 5.32 Å². The van der Waals surface area contributed by atoms with Crippen molar-refractivity contribution in [3.05, 3.63) is 59.3 Å². The molecule has 0 saturated heterocycles. The minimum absolute atomic E-state index is 0.000733. The largest absolute Gasteiger partial charge is 0.495 e. The number of halogens is 1. The van der Waals surface area contributed by atoms with Gasteiger partial charge in [0.25, 0.3) is 5.91 Å². The number of nitrogens with one attached hydrogen (secondary N) is 1. The second-order valence-electron chi connectivity index (χ2n) is 5.53. The molecule has 1 heterocycles. The number of esters is 1. The van der Waals surface area contributed by atoms with Gasteiger partial charge in [-0.25, -0.2) is 4.79 Å². The van der Waals surface area contributed by atoms with Crippen LogP contribution in [0.2, 0.25) is 5.02 Å². The van der Waals surface area contributed by atoms with Crippen LogP contribution >= 0.6 is 11.6 Å². The van der Waals surface area contributed by atoms with Crippen LogP contribution < -0.4 is 10.1 Å². The molecule has 134 valence electrons. The number of carbonyl (C=O) groups is 2. The summed E-state index contributed by atoms with van der Waals surface area (Å²) < 4.78 is 15.8. The molecule has 0 aliphatic carbocycles. The third-order valence-corrected chi connectivity index (χ3v) is 3.93. The van der Waals surface area contributed by atoms with Crippen molar-refractivity contribution in [3.63, 3.8) is 0 Å². The molecule has 0 saturated carbocycles. The first kappa shape index (κ1) is 17.8. The monoisotopic (exact) mass is 373 g/mol. The number of benzene rings is 2. The molecule has 0 bridgehead atoms. The lowest BCUT2D eigenvalue weighted by molar-refractivity contribution is -0.123. The van der Waals surface area contributed by atoms with E-state index in [9.17, 15) is 9.59 Å². The zero-order valence-electron chi connectivity index (χ0n) is 14.1. The van der Waals surface area contributed by atoms with E-state index in [4.69, 9.17) is 25.5 Å².